The van der Waals surface area contributed by atoms with Gasteiger partial charge in [-0.15, -0.1) is 11.8 Å². The number of carboxylic acid groups (broad SMARTS) is 1. The number of hydrogen-bond acceptors (Lipinski definition) is 4. The van der Waals surface area contributed by atoms with Gasteiger partial charge in [0.15, 0.2) is 5.78 Å². The predicted octanol–water partition coefficient (Wildman–Crippen LogP) is 1.34. The first-order valence-corrected chi connectivity index (χ1v) is 7.39. The number of ketones is 1. The Morgan fingerprint density at radius 1 is 1.15 bits per heavy atom. The Morgan fingerprint density at radius 3 is 2.35 bits per heavy atom. The van der Waals surface area contributed by atoms with E-state index >= 15 is 0 Å². The number of carbonyl (C=O) groups excluding carboxylic acids is 2. The lowest BCUT2D eigenvalue weighted by Crippen LogP contribution is -2.43. The lowest BCUT2D eigenvalue weighted by atomic mass is 10.2. The summed E-state index contributed by atoms with van der Waals surface area (Å²) in [6.45, 7) is 0. The highest BCUT2D eigenvalue weighted by atomic mass is 32.2. The fourth-order valence-electron chi connectivity index (χ4n) is 1.76. The molecule has 1 saturated carbocycles. The summed E-state index contributed by atoms with van der Waals surface area (Å²) < 4.78 is 0. The van der Waals surface area contributed by atoms with E-state index in [0.717, 1.165) is 0 Å². The summed E-state index contributed by atoms with van der Waals surface area (Å²) in [4.78, 5) is 34.3. The Labute approximate surface area is 120 Å². The topological polar surface area (TPSA) is 83.5 Å². The molecule has 0 bridgehead atoms. The van der Waals surface area contributed by atoms with Gasteiger partial charge in [-0.3, -0.25) is 9.59 Å². The zero-order valence-corrected chi connectivity index (χ0v) is 11.6. The molecule has 2 N–H and O–H groups in total. The van der Waals surface area contributed by atoms with Crippen LogP contribution in [0.5, 0.6) is 0 Å². The molecule has 0 saturated heterocycles. The Kier molecular flexibility index (Phi) is 4.44. The largest absolute Gasteiger partial charge is 0.480 e. The van der Waals surface area contributed by atoms with Crippen LogP contribution in [0.2, 0.25) is 0 Å². The second kappa shape index (κ2) is 6.09. The highest BCUT2D eigenvalue weighted by molar-refractivity contribution is 8.00. The van der Waals surface area contributed by atoms with Crippen molar-refractivity contribution >= 4 is 29.4 Å². The molecule has 1 amide bonds. The minimum Gasteiger partial charge on any atom is -0.480 e. The van der Waals surface area contributed by atoms with Gasteiger partial charge in [-0.05, 0) is 12.8 Å². The third kappa shape index (κ3) is 3.60. The maximum atomic E-state index is 11.8. The molecular formula is C14H15NO4S. The maximum Gasteiger partial charge on any atom is 0.329 e. The van der Waals surface area contributed by atoms with E-state index in [4.69, 9.17) is 5.11 Å². The zero-order valence-electron chi connectivity index (χ0n) is 10.8. The van der Waals surface area contributed by atoms with Crippen molar-refractivity contribution in [1.29, 1.82) is 0 Å². The third-order valence-electron chi connectivity index (χ3n) is 3.10. The van der Waals surface area contributed by atoms with Gasteiger partial charge in [0.25, 0.3) is 0 Å². The van der Waals surface area contributed by atoms with E-state index in [1.807, 2.05) is 6.07 Å². The van der Waals surface area contributed by atoms with Crippen LogP contribution in [-0.4, -0.2) is 39.8 Å². The lowest BCUT2D eigenvalue weighted by Gasteiger charge is -2.11. The highest BCUT2D eigenvalue weighted by Gasteiger charge is 2.51. The van der Waals surface area contributed by atoms with Gasteiger partial charge in [0.2, 0.25) is 5.91 Å². The average Bonchev–Trinajstić information content (AvgIpc) is 3.20. The summed E-state index contributed by atoms with van der Waals surface area (Å²) in [5.74, 6) is -1.07. The van der Waals surface area contributed by atoms with Crippen molar-refractivity contribution in [3.63, 3.8) is 0 Å². The smallest absolute Gasteiger partial charge is 0.329 e. The first kappa shape index (κ1) is 14.6. The minimum atomic E-state index is -1.05. The maximum absolute atomic E-state index is 11.8. The van der Waals surface area contributed by atoms with Gasteiger partial charge in [0, 0.05) is 5.56 Å². The number of rotatable bonds is 7. The van der Waals surface area contributed by atoms with Crippen molar-refractivity contribution in [2.24, 2.45) is 0 Å². The van der Waals surface area contributed by atoms with Crippen molar-refractivity contribution < 1.29 is 19.5 Å². The molecule has 0 atom stereocenters. The predicted molar refractivity (Wildman–Crippen MR) is 75.8 cm³/mol. The second-order valence-corrected chi connectivity index (χ2v) is 5.70. The Hall–Kier alpha value is -1.82. The number of nitrogens with one attached hydrogen (secondary N) is 1. The number of carbonyl (C=O) groups is 3. The number of aliphatic carboxylic acids is 1. The molecule has 0 heterocycles. The molecule has 0 aromatic heterocycles. The molecule has 1 aromatic rings. The normalized spacial score (nSPS) is 15.4. The quantitative estimate of drug-likeness (QED) is 0.741. The molecule has 1 aromatic carbocycles. The first-order chi connectivity index (χ1) is 9.53. The van der Waals surface area contributed by atoms with E-state index in [9.17, 15) is 14.4 Å². The molecule has 20 heavy (non-hydrogen) atoms. The summed E-state index contributed by atoms with van der Waals surface area (Å²) in [5, 5.41) is 11.4. The van der Waals surface area contributed by atoms with Crippen LogP contribution in [0.15, 0.2) is 30.3 Å². The Balaban J connectivity index is 1.72. The van der Waals surface area contributed by atoms with Crippen LogP contribution in [0.4, 0.5) is 0 Å². The molecule has 0 radical (unpaired) electrons. The molecule has 5 nitrogen and oxygen atoms in total. The van der Waals surface area contributed by atoms with Crippen molar-refractivity contribution in [3.05, 3.63) is 35.9 Å². The van der Waals surface area contributed by atoms with Crippen LogP contribution in [0.1, 0.15) is 23.2 Å². The molecule has 0 aliphatic heterocycles. The van der Waals surface area contributed by atoms with Gasteiger partial charge in [0.1, 0.15) is 5.54 Å². The number of benzene rings is 1. The van der Waals surface area contributed by atoms with E-state index in [1.165, 1.54) is 11.8 Å². The SMILES string of the molecule is O=C(CSCC(=O)c1ccccc1)NC1(C(=O)O)CC1. The van der Waals surface area contributed by atoms with Gasteiger partial charge in [-0.2, -0.15) is 0 Å². The molecule has 0 unspecified atom stereocenters. The number of hydrogen-bond donors (Lipinski definition) is 2. The molecule has 1 fully saturated rings. The van der Waals surface area contributed by atoms with Crippen molar-refractivity contribution in [2.75, 3.05) is 11.5 Å². The monoisotopic (exact) mass is 293 g/mol. The third-order valence-corrected chi connectivity index (χ3v) is 4.03. The second-order valence-electron chi connectivity index (χ2n) is 4.72. The molecule has 6 heteroatoms. The van der Waals surface area contributed by atoms with Gasteiger partial charge in [0.05, 0.1) is 11.5 Å². The van der Waals surface area contributed by atoms with E-state index in [2.05, 4.69) is 5.32 Å². The summed E-state index contributed by atoms with van der Waals surface area (Å²) in [7, 11) is 0. The van der Waals surface area contributed by atoms with Crippen LogP contribution in [0.25, 0.3) is 0 Å². The number of thioether (sulfide) groups is 1. The molecule has 106 valence electrons. The Bertz CT molecular complexity index is 525. The standard InChI is InChI=1S/C14H15NO4S/c16-11(10-4-2-1-3-5-10)8-20-9-12(17)15-14(6-7-14)13(18)19/h1-5H,6-9H2,(H,15,17)(H,18,19). The minimum absolute atomic E-state index is 0.0391. The van der Waals surface area contributed by atoms with Crippen LogP contribution >= 0.6 is 11.8 Å². The van der Waals surface area contributed by atoms with Crippen LogP contribution < -0.4 is 5.32 Å². The average molecular weight is 293 g/mol. The molecule has 2 rings (SSSR count). The molecule has 1 aliphatic carbocycles. The van der Waals surface area contributed by atoms with Crippen LogP contribution in [-0.2, 0) is 9.59 Å². The molecular weight excluding hydrogens is 278 g/mol. The van der Waals surface area contributed by atoms with Gasteiger partial charge in [-0.1, -0.05) is 30.3 Å². The van der Waals surface area contributed by atoms with Crippen molar-refractivity contribution in [3.8, 4) is 0 Å². The number of amides is 1. The van der Waals surface area contributed by atoms with Crippen LogP contribution in [0.3, 0.4) is 0 Å². The zero-order chi connectivity index (χ0) is 14.6. The van der Waals surface area contributed by atoms with Crippen molar-refractivity contribution in [2.45, 2.75) is 18.4 Å². The first-order valence-electron chi connectivity index (χ1n) is 6.24. The molecule has 0 spiro atoms. The van der Waals surface area contributed by atoms with Gasteiger partial charge in [-0.25, -0.2) is 4.79 Å². The van der Waals surface area contributed by atoms with Gasteiger partial charge >= 0.3 is 5.97 Å². The lowest BCUT2D eigenvalue weighted by molar-refractivity contribution is -0.142. The molecule has 1 aliphatic rings. The number of carboxylic acids is 1. The fraction of sp³-hybridized carbons (Fsp3) is 0.357. The summed E-state index contributed by atoms with van der Waals surface area (Å²) in [5.41, 5.74) is -0.439. The van der Waals surface area contributed by atoms with E-state index in [-0.39, 0.29) is 23.2 Å². The van der Waals surface area contributed by atoms with E-state index < -0.39 is 11.5 Å². The van der Waals surface area contributed by atoms with Gasteiger partial charge < -0.3 is 10.4 Å². The summed E-state index contributed by atoms with van der Waals surface area (Å²) >= 11 is 1.19. The fourth-order valence-corrected chi connectivity index (χ4v) is 2.48. The summed E-state index contributed by atoms with van der Waals surface area (Å²) in [6, 6.07) is 8.86. The highest BCUT2D eigenvalue weighted by Crippen LogP contribution is 2.35. The Morgan fingerprint density at radius 2 is 1.80 bits per heavy atom. The van der Waals surface area contributed by atoms with E-state index in [0.29, 0.717) is 18.4 Å². The van der Waals surface area contributed by atoms with Crippen molar-refractivity contribution in [1.82, 2.24) is 5.32 Å². The number of Topliss-reactive ketones (excluding diaryl/α,β-unsaturated/α-hetero) is 1. The van der Waals surface area contributed by atoms with Crippen LogP contribution in [0, 0.1) is 0 Å². The van der Waals surface area contributed by atoms with E-state index in [1.54, 1.807) is 24.3 Å². The summed E-state index contributed by atoms with van der Waals surface area (Å²) in [6.07, 6.45) is 0.948.